The smallest absolute Gasteiger partial charge is 0.151 e. The Labute approximate surface area is 169 Å². The first kappa shape index (κ1) is 24.2. The fraction of sp³-hybridized carbons (Fsp3) is 0.875. The first-order chi connectivity index (χ1) is 13.1. The van der Waals surface area contributed by atoms with Crippen LogP contribution in [0.1, 0.15) is 117 Å². The van der Waals surface area contributed by atoms with Gasteiger partial charge in [0.25, 0.3) is 0 Å². The molecule has 1 saturated heterocycles. The van der Waals surface area contributed by atoms with Crippen LogP contribution in [0.3, 0.4) is 0 Å². The maximum atomic E-state index is 11.4. The fourth-order valence-electron chi connectivity index (χ4n) is 3.98. The van der Waals surface area contributed by atoms with Crippen molar-refractivity contribution in [2.45, 2.75) is 135 Å². The van der Waals surface area contributed by atoms with E-state index in [0.29, 0.717) is 0 Å². The molecule has 3 unspecified atom stereocenters. The normalized spacial score (nSPS) is 19.7. The van der Waals surface area contributed by atoms with Gasteiger partial charge in [-0.2, -0.15) is 0 Å². The summed E-state index contributed by atoms with van der Waals surface area (Å²) in [5, 5.41) is 6.95. The molecular formula is C24H46N2O. The molecular weight excluding hydrogens is 332 g/mol. The Morgan fingerprint density at radius 1 is 0.889 bits per heavy atom. The second-order valence-electron chi connectivity index (χ2n) is 8.56. The highest BCUT2D eigenvalue weighted by atomic mass is 16.1. The highest BCUT2D eigenvalue weighted by molar-refractivity contribution is 5.81. The van der Waals surface area contributed by atoms with Crippen LogP contribution in [0.5, 0.6) is 0 Å². The number of allylic oxidation sites excluding steroid dienone is 1. The van der Waals surface area contributed by atoms with Crippen LogP contribution >= 0.6 is 0 Å². The summed E-state index contributed by atoms with van der Waals surface area (Å²) in [5.74, 6) is 0.210. The Balaban J connectivity index is 1.86. The lowest BCUT2D eigenvalue weighted by molar-refractivity contribution is -0.118. The van der Waals surface area contributed by atoms with Crippen molar-refractivity contribution < 1.29 is 4.79 Å². The van der Waals surface area contributed by atoms with Gasteiger partial charge in [-0.25, -0.2) is 0 Å². The Morgan fingerprint density at radius 2 is 1.41 bits per heavy atom. The lowest BCUT2D eigenvalue weighted by Crippen LogP contribution is -2.33. The first-order valence-electron chi connectivity index (χ1n) is 11.8. The molecule has 3 atom stereocenters. The van der Waals surface area contributed by atoms with Gasteiger partial charge in [-0.3, -0.25) is 4.79 Å². The molecule has 27 heavy (non-hydrogen) atoms. The number of hydrogen-bond acceptors (Lipinski definition) is 3. The van der Waals surface area contributed by atoms with Gasteiger partial charge in [-0.15, -0.1) is 0 Å². The monoisotopic (exact) mass is 378 g/mol. The van der Waals surface area contributed by atoms with Gasteiger partial charge < -0.3 is 10.6 Å². The minimum absolute atomic E-state index is 0.0483. The minimum atomic E-state index is -0.0483. The van der Waals surface area contributed by atoms with Crippen LogP contribution < -0.4 is 10.6 Å². The molecule has 3 nitrogen and oxygen atoms in total. The number of carbonyl (C=O) groups excluding carboxylic acids is 1. The van der Waals surface area contributed by atoms with Crippen molar-refractivity contribution in [2.75, 3.05) is 0 Å². The van der Waals surface area contributed by atoms with Crippen molar-refractivity contribution in [2.24, 2.45) is 0 Å². The molecule has 158 valence electrons. The Bertz CT molecular complexity index is 407. The minimum Gasteiger partial charge on any atom is -0.379 e. The number of carbonyl (C=O) groups is 1. The van der Waals surface area contributed by atoms with E-state index >= 15 is 0 Å². The highest BCUT2D eigenvalue weighted by Gasteiger charge is 2.33. The van der Waals surface area contributed by atoms with E-state index in [4.69, 9.17) is 0 Å². The summed E-state index contributed by atoms with van der Waals surface area (Å²) in [5.41, 5.74) is 1.02. The summed E-state index contributed by atoms with van der Waals surface area (Å²) in [6.07, 6.45) is 19.6. The zero-order valence-electron chi connectivity index (χ0n) is 18.5. The van der Waals surface area contributed by atoms with Gasteiger partial charge in [-0.05, 0) is 39.0 Å². The zero-order valence-corrected chi connectivity index (χ0v) is 18.5. The van der Waals surface area contributed by atoms with E-state index in [2.05, 4.69) is 24.1 Å². The van der Waals surface area contributed by atoms with Crippen LogP contribution in [0.4, 0.5) is 0 Å². The van der Waals surface area contributed by atoms with Crippen molar-refractivity contribution in [1.82, 2.24) is 10.6 Å². The molecule has 0 aliphatic carbocycles. The van der Waals surface area contributed by atoms with Crippen molar-refractivity contribution in [3.8, 4) is 0 Å². The first-order valence-corrected chi connectivity index (χ1v) is 11.8. The second-order valence-corrected chi connectivity index (χ2v) is 8.56. The zero-order chi connectivity index (χ0) is 19.9. The van der Waals surface area contributed by atoms with Crippen LogP contribution in [0.25, 0.3) is 0 Å². The quantitative estimate of drug-likeness (QED) is 0.205. The van der Waals surface area contributed by atoms with Crippen LogP contribution in [-0.4, -0.2) is 23.9 Å². The van der Waals surface area contributed by atoms with Crippen LogP contribution in [0.2, 0.25) is 0 Å². The molecule has 0 aromatic rings. The van der Waals surface area contributed by atoms with E-state index in [-0.39, 0.29) is 11.8 Å². The van der Waals surface area contributed by atoms with Gasteiger partial charge in [0, 0.05) is 17.8 Å². The number of nitrogens with one attached hydrogen (secondary N) is 2. The van der Waals surface area contributed by atoms with Gasteiger partial charge in [-0.1, -0.05) is 84.6 Å². The van der Waals surface area contributed by atoms with Gasteiger partial charge in [0.2, 0.25) is 0 Å². The summed E-state index contributed by atoms with van der Waals surface area (Å²) in [6, 6.07) is 1.60. The predicted molar refractivity (Wildman–Crippen MR) is 118 cm³/mol. The third-order valence-corrected chi connectivity index (χ3v) is 5.94. The summed E-state index contributed by atoms with van der Waals surface area (Å²) in [4.78, 5) is 11.4. The summed E-state index contributed by atoms with van der Waals surface area (Å²) in [6.45, 7) is 10.0. The molecule has 1 fully saturated rings. The number of hydrogen-bond donors (Lipinski definition) is 2. The molecule has 3 heteroatoms. The SMILES string of the molecule is C=C(CCCCCCCC1NC1CCCCCCCC)NC(CC)C(C)=O. The molecule has 0 saturated carbocycles. The molecule has 1 rings (SSSR count). The standard InChI is InChI=1S/C24H46N2O/c1-5-7-8-9-12-15-18-23-24(26-23)19-16-13-10-11-14-17-20(3)25-22(6-2)21(4)27/h22-26H,3,5-19H2,1-2,4H3. The van der Waals surface area contributed by atoms with Gasteiger partial charge in [0.1, 0.15) is 0 Å². The molecule has 0 bridgehead atoms. The molecule has 0 amide bonds. The average molecular weight is 379 g/mol. The van der Waals surface area contributed by atoms with Crippen molar-refractivity contribution in [3.05, 3.63) is 12.3 Å². The lowest BCUT2D eigenvalue weighted by Gasteiger charge is -2.17. The van der Waals surface area contributed by atoms with E-state index in [1.807, 2.05) is 6.92 Å². The second kappa shape index (κ2) is 15.1. The molecule has 0 radical (unpaired) electrons. The van der Waals surface area contributed by atoms with E-state index in [1.165, 1.54) is 83.5 Å². The van der Waals surface area contributed by atoms with Gasteiger partial charge in [0.15, 0.2) is 5.78 Å². The third kappa shape index (κ3) is 12.3. The van der Waals surface area contributed by atoms with Gasteiger partial charge in [0.05, 0.1) is 6.04 Å². The number of rotatable bonds is 19. The van der Waals surface area contributed by atoms with Crippen LogP contribution in [0.15, 0.2) is 12.3 Å². The number of unbranched alkanes of at least 4 members (excludes halogenated alkanes) is 9. The molecule has 0 aromatic heterocycles. The van der Waals surface area contributed by atoms with Crippen LogP contribution in [-0.2, 0) is 4.79 Å². The van der Waals surface area contributed by atoms with E-state index in [0.717, 1.165) is 30.6 Å². The maximum absolute atomic E-state index is 11.4. The van der Waals surface area contributed by atoms with E-state index in [1.54, 1.807) is 6.92 Å². The molecule has 1 aliphatic rings. The Hall–Kier alpha value is -0.830. The maximum Gasteiger partial charge on any atom is 0.151 e. The van der Waals surface area contributed by atoms with Gasteiger partial charge >= 0.3 is 0 Å². The topological polar surface area (TPSA) is 51.0 Å². The lowest BCUT2D eigenvalue weighted by atomic mass is 10.0. The van der Waals surface area contributed by atoms with Crippen LogP contribution in [0, 0.1) is 0 Å². The number of ketones is 1. The largest absolute Gasteiger partial charge is 0.379 e. The highest BCUT2D eigenvalue weighted by Crippen LogP contribution is 2.24. The Kier molecular flexibility index (Phi) is 13.6. The average Bonchev–Trinajstić information content (AvgIpc) is 3.39. The van der Waals surface area contributed by atoms with Crippen molar-refractivity contribution in [3.63, 3.8) is 0 Å². The summed E-state index contributed by atoms with van der Waals surface area (Å²) >= 11 is 0. The molecule has 2 N–H and O–H groups in total. The Morgan fingerprint density at radius 3 is 1.93 bits per heavy atom. The summed E-state index contributed by atoms with van der Waals surface area (Å²) in [7, 11) is 0. The van der Waals surface area contributed by atoms with Crippen molar-refractivity contribution >= 4 is 5.78 Å². The predicted octanol–water partition coefficient (Wildman–Crippen LogP) is 6.28. The molecule has 0 spiro atoms. The molecule has 0 aromatic carbocycles. The molecule has 1 aliphatic heterocycles. The van der Waals surface area contributed by atoms with E-state index in [9.17, 15) is 4.79 Å². The van der Waals surface area contributed by atoms with Crippen molar-refractivity contribution in [1.29, 1.82) is 0 Å². The third-order valence-electron chi connectivity index (χ3n) is 5.94. The fourth-order valence-corrected chi connectivity index (χ4v) is 3.98. The number of Topliss-reactive ketones (excluding diaryl/α,β-unsaturated/α-hetero) is 1. The molecule has 1 heterocycles. The summed E-state index contributed by atoms with van der Waals surface area (Å²) < 4.78 is 0. The van der Waals surface area contributed by atoms with E-state index < -0.39 is 0 Å².